The van der Waals surface area contributed by atoms with Gasteiger partial charge in [0.2, 0.25) is 5.91 Å². The van der Waals surface area contributed by atoms with Crippen LogP contribution in [0.25, 0.3) is 0 Å². The zero-order valence-corrected chi connectivity index (χ0v) is 14.3. The van der Waals surface area contributed by atoms with E-state index in [1.165, 1.54) is 18.2 Å². The molecule has 0 fully saturated rings. The Hall–Kier alpha value is -2.74. The summed E-state index contributed by atoms with van der Waals surface area (Å²) in [4.78, 5) is 33.9. The van der Waals surface area contributed by atoms with Gasteiger partial charge in [0.25, 0.3) is 11.6 Å². The highest BCUT2D eigenvalue weighted by atomic mass is 79.9. The van der Waals surface area contributed by atoms with Gasteiger partial charge in [0.1, 0.15) is 0 Å². The molecule has 0 spiro atoms. The van der Waals surface area contributed by atoms with Crippen LogP contribution in [0.15, 0.2) is 46.9 Å². The van der Waals surface area contributed by atoms with E-state index in [1.807, 2.05) is 0 Å². The molecule has 0 bridgehead atoms. The molecule has 7 nitrogen and oxygen atoms in total. The average Bonchev–Trinajstić information content (AvgIpc) is 2.56. The number of nitrogens with one attached hydrogen (secondary N) is 2. The number of anilines is 1. The summed E-state index contributed by atoms with van der Waals surface area (Å²) in [7, 11) is 1.56. The lowest BCUT2D eigenvalue weighted by Gasteiger charge is -2.07. The van der Waals surface area contributed by atoms with Crippen LogP contribution in [0.2, 0.25) is 0 Å². The van der Waals surface area contributed by atoms with Crippen LogP contribution >= 0.6 is 15.9 Å². The maximum Gasteiger partial charge on any atom is 0.284 e. The Bertz CT molecular complexity index is 790. The fraction of sp³-hybridized carbons (Fsp3) is 0.125. The number of hydrogen-bond acceptors (Lipinski definition) is 4. The van der Waals surface area contributed by atoms with Gasteiger partial charge in [-0.1, -0.05) is 12.1 Å². The van der Waals surface area contributed by atoms with Crippen molar-refractivity contribution in [3.05, 3.63) is 68.2 Å². The minimum Gasteiger partial charge on any atom is -0.359 e. The summed E-state index contributed by atoms with van der Waals surface area (Å²) in [6.07, 6.45) is 0.254. The Morgan fingerprint density at radius 2 is 1.83 bits per heavy atom. The monoisotopic (exact) mass is 391 g/mol. The maximum absolute atomic E-state index is 12.2. The van der Waals surface area contributed by atoms with Crippen LogP contribution in [0, 0.1) is 10.1 Å². The molecule has 0 atom stereocenters. The number of nitro groups is 1. The van der Waals surface area contributed by atoms with E-state index in [2.05, 4.69) is 26.6 Å². The predicted octanol–water partition coefficient (Wildman–Crippen LogP) is 2.90. The van der Waals surface area contributed by atoms with Gasteiger partial charge in [0.05, 0.1) is 15.8 Å². The second kappa shape index (κ2) is 7.69. The van der Waals surface area contributed by atoms with Crippen molar-refractivity contribution in [1.29, 1.82) is 0 Å². The van der Waals surface area contributed by atoms with E-state index in [0.29, 0.717) is 10.2 Å². The Morgan fingerprint density at radius 3 is 2.42 bits per heavy atom. The smallest absolute Gasteiger partial charge is 0.284 e. The minimum atomic E-state index is -0.561. The number of hydrogen-bond donors (Lipinski definition) is 2. The topological polar surface area (TPSA) is 101 Å². The summed E-state index contributed by atoms with van der Waals surface area (Å²) in [5.41, 5.74) is 1.35. The first-order valence-electron chi connectivity index (χ1n) is 6.95. The molecule has 0 aliphatic heterocycles. The van der Waals surface area contributed by atoms with Crippen molar-refractivity contribution in [3.63, 3.8) is 0 Å². The number of halogens is 1. The lowest BCUT2D eigenvalue weighted by molar-refractivity contribution is -0.385. The molecule has 124 valence electrons. The predicted molar refractivity (Wildman–Crippen MR) is 93.0 cm³/mol. The number of benzene rings is 2. The number of carbonyl (C=O) groups is 2. The number of carbonyl (C=O) groups excluding carboxylic acids is 2. The largest absolute Gasteiger partial charge is 0.359 e. The molecule has 2 N–H and O–H groups in total. The summed E-state index contributed by atoms with van der Waals surface area (Å²) < 4.78 is 0.308. The highest BCUT2D eigenvalue weighted by Crippen LogP contribution is 2.26. The van der Waals surface area contributed by atoms with Crippen LogP contribution in [-0.2, 0) is 11.2 Å². The molecule has 24 heavy (non-hydrogen) atoms. The van der Waals surface area contributed by atoms with Gasteiger partial charge in [-0.3, -0.25) is 19.7 Å². The van der Waals surface area contributed by atoms with E-state index in [4.69, 9.17) is 0 Å². The molecule has 2 amide bonds. The van der Waals surface area contributed by atoms with Crippen LogP contribution in [0.4, 0.5) is 11.4 Å². The number of likely N-dealkylation sites (N-methyl/N-ethyl adjacent to an activating group) is 1. The van der Waals surface area contributed by atoms with Crippen LogP contribution < -0.4 is 10.6 Å². The third-order valence-corrected chi connectivity index (χ3v) is 3.93. The first-order valence-corrected chi connectivity index (χ1v) is 7.75. The fourth-order valence-corrected chi connectivity index (χ4v) is 2.37. The molecule has 0 aromatic heterocycles. The summed E-state index contributed by atoms with van der Waals surface area (Å²) >= 11 is 3.07. The second-order valence-electron chi connectivity index (χ2n) is 4.92. The van der Waals surface area contributed by atoms with E-state index < -0.39 is 10.8 Å². The lowest BCUT2D eigenvalue weighted by Crippen LogP contribution is -2.19. The lowest BCUT2D eigenvalue weighted by atomic mass is 10.1. The molecule has 0 aliphatic rings. The molecule has 8 heteroatoms. The molecule has 2 aromatic rings. The molecular formula is C16H14BrN3O4. The number of amides is 2. The molecule has 0 aliphatic carbocycles. The van der Waals surface area contributed by atoms with Crippen molar-refractivity contribution in [2.75, 3.05) is 12.4 Å². The third kappa shape index (κ3) is 4.39. The molecule has 0 unspecified atom stereocenters. The first kappa shape index (κ1) is 17.6. The van der Waals surface area contributed by atoms with Gasteiger partial charge in [0, 0.05) is 24.4 Å². The van der Waals surface area contributed by atoms with E-state index in [9.17, 15) is 19.7 Å². The molecule has 0 heterocycles. The SMILES string of the molecule is CNC(=O)Cc1ccc(NC(=O)c2ccc(Br)c([N+](=O)[O-])c2)cc1. The molecule has 2 aromatic carbocycles. The fourth-order valence-electron chi connectivity index (χ4n) is 1.98. The normalized spacial score (nSPS) is 10.1. The Balaban J connectivity index is 2.11. The van der Waals surface area contributed by atoms with Gasteiger partial charge >= 0.3 is 0 Å². The Morgan fingerprint density at radius 1 is 1.17 bits per heavy atom. The number of nitrogens with zero attached hydrogens (tertiary/aromatic N) is 1. The van der Waals surface area contributed by atoms with Gasteiger partial charge in [-0.25, -0.2) is 0 Å². The van der Waals surface area contributed by atoms with Gasteiger partial charge in [-0.15, -0.1) is 0 Å². The van der Waals surface area contributed by atoms with Crippen molar-refractivity contribution in [1.82, 2.24) is 5.32 Å². The molecular weight excluding hydrogens is 378 g/mol. The zero-order chi connectivity index (χ0) is 17.7. The quantitative estimate of drug-likeness (QED) is 0.604. The Kier molecular flexibility index (Phi) is 5.64. The number of rotatable bonds is 5. The van der Waals surface area contributed by atoms with E-state index in [1.54, 1.807) is 31.3 Å². The van der Waals surface area contributed by atoms with Gasteiger partial charge < -0.3 is 10.6 Å². The standard InChI is InChI=1S/C16H14BrN3O4/c1-18-15(21)8-10-2-5-12(6-3-10)19-16(22)11-4-7-13(17)14(9-11)20(23)24/h2-7,9H,8H2,1H3,(H,18,21)(H,19,22). The summed E-state index contributed by atoms with van der Waals surface area (Å²) in [5, 5.41) is 16.1. The molecule has 0 saturated carbocycles. The first-order chi connectivity index (χ1) is 11.4. The van der Waals surface area contributed by atoms with Crippen LogP contribution in [0.1, 0.15) is 15.9 Å². The van der Waals surface area contributed by atoms with E-state index in [-0.39, 0.29) is 23.6 Å². The van der Waals surface area contributed by atoms with Crippen molar-refractivity contribution in [2.45, 2.75) is 6.42 Å². The Labute approximate surface area is 146 Å². The summed E-state index contributed by atoms with van der Waals surface area (Å²) in [6, 6.07) is 11.0. The highest BCUT2D eigenvalue weighted by molar-refractivity contribution is 9.10. The molecule has 0 saturated heterocycles. The zero-order valence-electron chi connectivity index (χ0n) is 12.7. The van der Waals surface area contributed by atoms with Crippen molar-refractivity contribution >= 4 is 39.1 Å². The third-order valence-electron chi connectivity index (χ3n) is 3.26. The van der Waals surface area contributed by atoms with Crippen LogP contribution in [-0.4, -0.2) is 23.8 Å². The second-order valence-corrected chi connectivity index (χ2v) is 5.78. The van der Waals surface area contributed by atoms with E-state index in [0.717, 1.165) is 5.56 Å². The van der Waals surface area contributed by atoms with Gasteiger partial charge in [0.15, 0.2) is 0 Å². The molecule has 2 rings (SSSR count). The van der Waals surface area contributed by atoms with Gasteiger partial charge in [-0.05, 0) is 45.8 Å². The van der Waals surface area contributed by atoms with Crippen LogP contribution in [0.5, 0.6) is 0 Å². The maximum atomic E-state index is 12.2. The summed E-state index contributed by atoms with van der Waals surface area (Å²) in [5.74, 6) is -0.557. The van der Waals surface area contributed by atoms with Gasteiger partial charge in [-0.2, -0.15) is 0 Å². The highest BCUT2D eigenvalue weighted by Gasteiger charge is 2.16. The van der Waals surface area contributed by atoms with E-state index >= 15 is 0 Å². The van der Waals surface area contributed by atoms with Crippen LogP contribution in [0.3, 0.4) is 0 Å². The van der Waals surface area contributed by atoms with Crippen molar-refractivity contribution < 1.29 is 14.5 Å². The number of nitro benzene ring substituents is 1. The minimum absolute atomic E-state index is 0.103. The molecule has 0 radical (unpaired) electrons. The van der Waals surface area contributed by atoms with Crippen molar-refractivity contribution in [3.8, 4) is 0 Å². The van der Waals surface area contributed by atoms with Crippen molar-refractivity contribution in [2.24, 2.45) is 0 Å². The summed E-state index contributed by atoms with van der Waals surface area (Å²) in [6.45, 7) is 0. The average molecular weight is 392 g/mol.